The van der Waals surface area contributed by atoms with E-state index in [0.717, 1.165) is 19.4 Å². The lowest BCUT2D eigenvalue weighted by molar-refractivity contribution is -0.0336. The van der Waals surface area contributed by atoms with Gasteiger partial charge in [0.1, 0.15) is 0 Å². The normalized spacial score (nSPS) is 16.5. The molecule has 0 aromatic rings. The second kappa shape index (κ2) is 11.9. The molecule has 4 nitrogen and oxygen atoms in total. The summed E-state index contributed by atoms with van der Waals surface area (Å²) in [7, 11) is 0. The smallest absolute Gasteiger partial charge is 0.0781 e. The molecule has 0 aromatic carbocycles. The molecule has 0 spiro atoms. The standard InChI is InChI=1S/C14H31NO3/c1-5-12(2)10-17-8-9-18-14(4)11-16-7-6-13(3)15/h12-14H,5-11,15H2,1-4H3. The third-order valence-electron chi connectivity index (χ3n) is 2.80. The zero-order valence-electron chi connectivity index (χ0n) is 12.5. The maximum atomic E-state index is 5.63. The number of nitrogens with two attached hydrogens (primary N) is 1. The van der Waals surface area contributed by atoms with Gasteiger partial charge in [0.15, 0.2) is 0 Å². The Morgan fingerprint density at radius 3 is 2.22 bits per heavy atom. The van der Waals surface area contributed by atoms with Gasteiger partial charge in [0.2, 0.25) is 0 Å². The highest BCUT2D eigenvalue weighted by molar-refractivity contribution is 4.53. The molecule has 0 rings (SSSR count). The van der Waals surface area contributed by atoms with Crippen LogP contribution in [0, 0.1) is 5.92 Å². The van der Waals surface area contributed by atoms with Crippen LogP contribution in [0.1, 0.15) is 40.5 Å². The summed E-state index contributed by atoms with van der Waals surface area (Å²) >= 11 is 0. The molecule has 0 bridgehead atoms. The highest BCUT2D eigenvalue weighted by Crippen LogP contribution is 2.00. The van der Waals surface area contributed by atoms with Crippen molar-refractivity contribution >= 4 is 0 Å². The Kier molecular flexibility index (Phi) is 11.8. The molecule has 2 N–H and O–H groups in total. The molecule has 18 heavy (non-hydrogen) atoms. The Balaban J connectivity index is 3.24. The van der Waals surface area contributed by atoms with Gasteiger partial charge in [-0.15, -0.1) is 0 Å². The number of ether oxygens (including phenoxy) is 3. The summed E-state index contributed by atoms with van der Waals surface area (Å²) in [5, 5.41) is 0. The van der Waals surface area contributed by atoms with E-state index in [4.69, 9.17) is 19.9 Å². The Morgan fingerprint density at radius 2 is 1.61 bits per heavy atom. The predicted octanol–water partition coefficient (Wildman–Crippen LogP) is 2.21. The van der Waals surface area contributed by atoms with E-state index in [1.165, 1.54) is 0 Å². The van der Waals surface area contributed by atoms with Crippen molar-refractivity contribution in [2.45, 2.75) is 52.7 Å². The number of hydrogen-bond donors (Lipinski definition) is 1. The predicted molar refractivity (Wildman–Crippen MR) is 74.8 cm³/mol. The summed E-state index contributed by atoms with van der Waals surface area (Å²) in [6, 6.07) is 0.204. The first-order valence-corrected chi connectivity index (χ1v) is 7.08. The first kappa shape index (κ1) is 17.8. The van der Waals surface area contributed by atoms with Crippen LogP contribution in [0.5, 0.6) is 0 Å². The van der Waals surface area contributed by atoms with Crippen LogP contribution in [0.4, 0.5) is 0 Å². The lowest BCUT2D eigenvalue weighted by atomic mass is 10.1. The van der Waals surface area contributed by atoms with Gasteiger partial charge in [-0.1, -0.05) is 20.3 Å². The van der Waals surface area contributed by atoms with Crippen LogP contribution in [0.25, 0.3) is 0 Å². The molecule has 0 amide bonds. The van der Waals surface area contributed by atoms with Gasteiger partial charge in [-0.05, 0) is 26.2 Å². The van der Waals surface area contributed by atoms with Crippen LogP contribution in [-0.4, -0.2) is 45.2 Å². The van der Waals surface area contributed by atoms with Crippen LogP contribution >= 0.6 is 0 Å². The fourth-order valence-corrected chi connectivity index (χ4v) is 1.28. The molecule has 0 fully saturated rings. The molecule has 3 unspecified atom stereocenters. The van der Waals surface area contributed by atoms with E-state index in [-0.39, 0.29) is 12.1 Å². The van der Waals surface area contributed by atoms with Crippen molar-refractivity contribution in [1.82, 2.24) is 0 Å². The average molecular weight is 261 g/mol. The summed E-state index contributed by atoms with van der Waals surface area (Å²) in [6.07, 6.45) is 2.17. The molecule has 0 radical (unpaired) electrons. The van der Waals surface area contributed by atoms with Crippen LogP contribution in [0.3, 0.4) is 0 Å². The topological polar surface area (TPSA) is 53.7 Å². The van der Waals surface area contributed by atoms with Gasteiger partial charge in [0, 0.05) is 19.3 Å². The van der Waals surface area contributed by atoms with Crippen LogP contribution < -0.4 is 5.73 Å². The SMILES string of the molecule is CCC(C)COCCOC(C)COCCC(C)N. The molecular formula is C14H31NO3. The minimum Gasteiger partial charge on any atom is -0.379 e. The van der Waals surface area contributed by atoms with Gasteiger partial charge in [-0.3, -0.25) is 0 Å². The van der Waals surface area contributed by atoms with Gasteiger partial charge in [-0.25, -0.2) is 0 Å². The van der Waals surface area contributed by atoms with E-state index >= 15 is 0 Å². The first-order chi connectivity index (χ1) is 8.56. The summed E-state index contributed by atoms with van der Waals surface area (Å²) < 4.78 is 16.6. The summed E-state index contributed by atoms with van der Waals surface area (Å²) in [6.45, 7) is 11.8. The molecule has 0 aliphatic rings. The third kappa shape index (κ3) is 12.3. The Morgan fingerprint density at radius 1 is 0.944 bits per heavy atom. The lowest BCUT2D eigenvalue weighted by Gasteiger charge is -2.15. The van der Waals surface area contributed by atoms with E-state index in [0.29, 0.717) is 32.3 Å². The molecule has 0 heterocycles. The Bertz CT molecular complexity index is 176. The number of rotatable bonds is 12. The second-order valence-electron chi connectivity index (χ2n) is 5.11. The molecule has 3 atom stereocenters. The van der Waals surface area contributed by atoms with Gasteiger partial charge in [0.25, 0.3) is 0 Å². The van der Waals surface area contributed by atoms with E-state index in [2.05, 4.69) is 13.8 Å². The van der Waals surface area contributed by atoms with Crippen LogP contribution in [0.15, 0.2) is 0 Å². The number of hydrogen-bond acceptors (Lipinski definition) is 4. The summed E-state index contributed by atoms with van der Waals surface area (Å²) in [5.74, 6) is 0.629. The monoisotopic (exact) mass is 261 g/mol. The average Bonchev–Trinajstić information content (AvgIpc) is 2.33. The summed E-state index contributed by atoms with van der Waals surface area (Å²) in [5.41, 5.74) is 5.63. The molecule has 0 aliphatic heterocycles. The third-order valence-corrected chi connectivity index (χ3v) is 2.80. The van der Waals surface area contributed by atoms with Gasteiger partial charge in [-0.2, -0.15) is 0 Å². The highest BCUT2D eigenvalue weighted by atomic mass is 16.5. The highest BCUT2D eigenvalue weighted by Gasteiger charge is 2.03. The van der Waals surface area contributed by atoms with Crippen molar-refractivity contribution < 1.29 is 14.2 Å². The molecule has 4 heteroatoms. The zero-order chi connectivity index (χ0) is 13.8. The fraction of sp³-hybridized carbons (Fsp3) is 1.00. The molecule has 0 saturated heterocycles. The van der Waals surface area contributed by atoms with Crippen LogP contribution in [-0.2, 0) is 14.2 Å². The van der Waals surface area contributed by atoms with Crippen molar-refractivity contribution in [2.75, 3.05) is 33.0 Å². The Labute approximate surface area is 112 Å². The minimum absolute atomic E-state index is 0.116. The second-order valence-corrected chi connectivity index (χ2v) is 5.11. The van der Waals surface area contributed by atoms with E-state index in [9.17, 15) is 0 Å². The van der Waals surface area contributed by atoms with Gasteiger partial charge < -0.3 is 19.9 Å². The largest absolute Gasteiger partial charge is 0.379 e. The van der Waals surface area contributed by atoms with Gasteiger partial charge in [0.05, 0.1) is 25.9 Å². The maximum absolute atomic E-state index is 5.63. The fourth-order valence-electron chi connectivity index (χ4n) is 1.28. The zero-order valence-corrected chi connectivity index (χ0v) is 12.5. The molecule has 0 aromatic heterocycles. The molecule has 0 aliphatic carbocycles. The van der Waals surface area contributed by atoms with Crippen LogP contribution in [0.2, 0.25) is 0 Å². The Hall–Kier alpha value is -0.160. The first-order valence-electron chi connectivity index (χ1n) is 7.08. The summed E-state index contributed by atoms with van der Waals surface area (Å²) in [4.78, 5) is 0. The van der Waals surface area contributed by atoms with E-state index in [1.54, 1.807) is 0 Å². The molecule has 110 valence electrons. The molecular weight excluding hydrogens is 230 g/mol. The quantitative estimate of drug-likeness (QED) is 0.547. The van der Waals surface area contributed by atoms with E-state index in [1.807, 2.05) is 13.8 Å². The van der Waals surface area contributed by atoms with E-state index < -0.39 is 0 Å². The lowest BCUT2D eigenvalue weighted by Crippen LogP contribution is -2.22. The minimum atomic E-state index is 0.116. The van der Waals surface area contributed by atoms with Crippen molar-refractivity contribution in [1.29, 1.82) is 0 Å². The van der Waals surface area contributed by atoms with Crippen molar-refractivity contribution in [3.63, 3.8) is 0 Å². The van der Waals surface area contributed by atoms with Crippen molar-refractivity contribution in [3.8, 4) is 0 Å². The molecule has 0 saturated carbocycles. The van der Waals surface area contributed by atoms with Gasteiger partial charge >= 0.3 is 0 Å². The maximum Gasteiger partial charge on any atom is 0.0781 e. The van der Waals surface area contributed by atoms with Crippen molar-refractivity contribution in [3.05, 3.63) is 0 Å². The van der Waals surface area contributed by atoms with Crippen molar-refractivity contribution in [2.24, 2.45) is 11.7 Å².